The first-order chi connectivity index (χ1) is 15.3. The first-order valence-corrected chi connectivity index (χ1v) is 10.0. The van der Waals surface area contributed by atoms with E-state index in [2.05, 4.69) is 25.1 Å². The highest BCUT2D eigenvalue weighted by Gasteiger charge is 2.51. The lowest BCUT2D eigenvalue weighted by Crippen LogP contribution is -2.40. The maximum Gasteiger partial charge on any atom is 0.419 e. The van der Waals surface area contributed by atoms with Gasteiger partial charge in [0, 0.05) is 30.6 Å². The van der Waals surface area contributed by atoms with Crippen molar-refractivity contribution in [2.45, 2.75) is 50.6 Å². The molecule has 0 unspecified atom stereocenters. The van der Waals surface area contributed by atoms with Gasteiger partial charge in [-0.15, -0.1) is 4.80 Å². The molecule has 0 spiro atoms. The first-order valence-electron chi connectivity index (χ1n) is 10.0. The predicted octanol–water partition coefficient (Wildman–Crippen LogP) is 2.60. The van der Waals surface area contributed by atoms with Crippen molar-refractivity contribution in [2.24, 2.45) is 0 Å². The van der Waals surface area contributed by atoms with E-state index in [0.29, 0.717) is 36.6 Å². The Morgan fingerprint density at radius 3 is 2.53 bits per heavy atom. The fourth-order valence-electron chi connectivity index (χ4n) is 4.37. The Morgan fingerprint density at radius 2 is 1.84 bits per heavy atom. The van der Waals surface area contributed by atoms with Crippen LogP contribution in [-0.4, -0.2) is 58.9 Å². The van der Waals surface area contributed by atoms with Crippen LogP contribution in [0.2, 0.25) is 0 Å². The van der Waals surface area contributed by atoms with E-state index in [0.717, 1.165) is 6.42 Å². The highest BCUT2D eigenvalue weighted by molar-refractivity contribution is 5.96. The van der Waals surface area contributed by atoms with Gasteiger partial charge in [0.2, 0.25) is 0 Å². The minimum Gasteiger partial charge on any atom is -0.458 e. The van der Waals surface area contributed by atoms with Crippen LogP contribution in [0.15, 0.2) is 36.9 Å². The maximum atomic E-state index is 13.5. The van der Waals surface area contributed by atoms with Crippen LogP contribution in [0.4, 0.5) is 13.2 Å². The van der Waals surface area contributed by atoms with Gasteiger partial charge in [-0.05, 0) is 31.9 Å². The molecule has 9 nitrogen and oxygen atoms in total. The molecule has 2 aliphatic rings. The molecule has 0 N–H and O–H groups in total. The standard InChI is InChI=1S/C20H18F3N7O2/c1-11-2-4-15(30-26-6-7-27-30)17(28-11)18(31)29-13-3-5-14(29)16(8-13)32-19-24-9-12(10-25-19)20(21,22)23/h2,4,6-7,9-10,13-14,16H,3,5,8H2,1H3/t13-,14+,16-/m1/s1. The topological polar surface area (TPSA) is 98.9 Å². The highest BCUT2D eigenvalue weighted by Crippen LogP contribution is 2.40. The minimum atomic E-state index is -4.52. The number of carbonyl (C=O) groups excluding carboxylic acids is 1. The number of halogens is 3. The zero-order valence-electron chi connectivity index (χ0n) is 16.9. The molecule has 5 heterocycles. The van der Waals surface area contributed by atoms with Crippen LogP contribution in [0.25, 0.3) is 5.69 Å². The van der Waals surface area contributed by atoms with Crippen molar-refractivity contribution >= 4 is 5.91 Å². The summed E-state index contributed by atoms with van der Waals surface area (Å²) in [5.41, 5.74) is 0.451. The Balaban J connectivity index is 1.38. The largest absolute Gasteiger partial charge is 0.458 e. The monoisotopic (exact) mass is 445 g/mol. The van der Waals surface area contributed by atoms with Gasteiger partial charge in [-0.25, -0.2) is 15.0 Å². The third kappa shape index (κ3) is 3.55. The molecule has 2 bridgehead atoms. The molecule has 0 aliphatic carbocycles. The van der Waals surface area contributed by atoms with E-state index in [1.54, 1.807) is 24.0 Å². The van der Waals surface area contributed by atoms with Gasteiger partial charge in [0.25, 0.3) is 5.91 Å². The maximum absolute atomic E-state index is 13.5. The number of rotatable bonds is 4. The second-order valence-electron chi connectivity index (χ2n) is 7.79. The summed E-state index contributed by atoms with van der Waals surface area (Å²) < 4.78 is 44.0. The van der Waals surface area contributed by atoms with Crippen LogP contribution in [0, 0.1) is 6.92 Å². The quantitative estimate of drug-likeness (QED) is 0.609. The van der Waals surface area contributed by atoms with Crippen LogP contribution in [0.3, 0.4) is 0 Å². The number of ether oxygens (including phenoxy) is 1. The van der Waals surface area contributed by atoms with Gasteiger partial charge in [-0.1, -0.05) is 0 Å². The second kappa shape index (κ2) is 7.53. The van der Waals surface area contributed by atoms with Gasteiger partial charge in [0.1, 0.15) is 11.8 Å². The predicted molar refractivity (Wildman–Crippen MR) is 103 cm³/mol. The van der Waals surface area contributed by atoms with Crippen molar-refractivity contribution in [3.8, 4) is 11.7 Å². The molecule has 166 valence electrons. The number of hydrogen-bond donors (Lipinski definition) is 0. The Bertz CT molecular complexity index is 1140. The molecule has 12 heteroatoms. The summed E-state index contributed by atoms with van der Waals surface area (Å²) in [5.74, 6) is -0.257. The number of hydrogen-bond acceptors (Lipinski definition) is 7. The molecule has 32 heavy (non-hydrogen) atoms. The van der Waals surface area contributed by atoms with Crippen molar-refractivity contribution in [1.82, 2.24) is 34.8 Å². The van der Waals surface area contributed by atoms with E-state index in [1.165, 1.54) is 17.2 Å². The molecule has 0 aromatic carbocycles. The van der Waals surface area contributed by atoms with E-state index in [9.17, 15) is 18.0 Å². The van der Waals surface area contributed by atoms with Crippen molar-refractivity contribution in [1.29, 1.82) is 0 Å². The van der Waals surface area contributed by atoms with Crippen molar-refractivity contribution in [3.05, 3.63) is 53.9 Å². The number of nitrogens with zero attached hydrogens (tertiary/aromatic N) is 7. The lowest BCUT2D eigenvalue weighted by molar-refractivity contribution is -0.138. The molecule has 3 aromatic heterocycles. The minimum absolute atomic E-state index is 0.0623. The molecule has 3 aromatic rings. The van der Waals surface area contributed by atoms with Gasteiger partial charge >= 0.3 is 12.2 Å². The van der Waals surface area contributed by atoms with Crippen LogP contribution in [0.5, 0.6) is 6.01 Å². The molecule has 1 amide bonds. The fraction of sp³-hybridized carbons (Fsp3) is 0.400. The third-order valence-corrected chi connectivity index (χ3v) is 5.78. The lowest BCUT2D eigenvalue weighted by atomic mass is 9.98. The highest BCUT2D eigenvalue weighted by atomic mass is 19.4. The van der Waals surface area contributed by atoms with Gasteiger partial charge in [0.05, 0.1) is 24.0 Å². The SMILES string of the molecule is Cc1ccc(-n2nccn2)c(C(=O)N2[C@@H]3CC[C@H]2[C@H](Oc2ncc(C(F)(F)F)cn2)C3)n1. The molecular weight excluding hydrogens is 427 g/mol. The van der Waals surface area contributed by atoms with Gasteiger partial charge in [-0.2, -0.15) is 23.4 Å². The second-order valence-corrected chi connectivity index (χ2v) is 7.79. The van der Waals surface area contributed by atoms with Gasteiger partial charge < -0.3 is 9.64 Å². The number of alkyl halides is 3. The van der Waals surface area contributed by atoms with Crippen molar-refractivity contribution in [3.63, 3.8) is 0 Å². The number of amides is 1. The molecular formula is C20H18F3N7O2. The number of pyridine rings is 1. The zero-order chi connectivity index (χ0) is 22.5. The van der Waals surface area contributed by atoms with Crippen LogP contribution in [0.1, 0.15) is 41.0 Å². The summed E-state index contributed by atoms with van der Waals surface area (Å²) in [7, 11) is 0. The number of carbonyl (C=O) groups is 1. The van der Waals surface area contributed by atoms with Crippen molar-refractivity contribution in [2.75, 3.05) is 0 Å². The van der Waals surface area contributed by atoms with Gasteiger partial charge in [-0.3, -0.25) is 4.79 Å². The first kappa shape index (κ1) is 20.3. The molecule has 2 saturated heterocycles. The Hall–Kier alpha value is -3.57. The summed E-state index contributed by atoms with van der Waals surface area (Å²) in [6.45, 7) is 1.80. The van der Waals surface area contributed by atoms with Gasteiger partial charge in [0.15, 0.2) is 5.69 Å². The zero-order valence-corrected chi connectivity index (χ0v) is 16.9. The van der Waals surface area contributed by atoms with Crippen LogP contribution in [-0.2, 0) is 6.18 Å². The smallest absolute Gasteiger partial charge is 0.419 e. The van der Waals surface area contributed by atoms with E-state index in [1.807, 2.05) is 0 Å². The lowest BCUT2D eigenvalue weighted by Gasteiger charge is -2.24. The number of fused-ring (bicyclic) bond motifs is 2. The average molecular weight is 445 g/mol. The van der Waals surface area contributed by atoms with E-state index in [-0.39, 0.29) is 29.7 Å². The summed E-state index contributed by atoms with van der Waals surface area (Å²) in [4.78, 5) is 28.4. The molecule has 3 atom stereocenters. The summed E-state index contributed by atoms with van der Waals surface area (Å²) in [6, 6.07) is 3.07. The van der Waals surface area contributed by atoms with Crippen molar-refractivity contribution < 1.29 is 22.7 Å². The van der Waals surface area contributed by atoms with E-state index < -0.39 is 17.8 Å². The molecule has 2 aliphatic heterocycles. The average Bonchev–Trinajstić information content (AvgIpc) is 3.49. The molecule has 2 fully saturated rings. The van der Waals surface area contributed by atoms with Crippen LogP contribution < -0.4 is 4.74 Å². The van der Waals surface area contributed by atoms with E-state index in [4.69, 9.17) is 4.74 Å². The van der Waals surface area contributed by atoms with Crippen LogP contribution >= 0.6 is 0 Å². The fourth-order valence-corrected chi connectivity index (χ4v) is 4.37. The Morgan fingerprint density at radius 1 is 1.12 bits per heavy atom. The number of aryl methyl sites for hydroxylation is 1. The molecule has 0 radical (unpaired) electrons. The number of aromatic nitrogens is 6. The Labute approximate surface area is 180 Å². The molecule has 5 rings (SSSR count). The summed E-state index contributed by atoms with van der Waals surface area (Å²) >= 11 is 0. The Kier molecular flexibility index (Phi) is 4.79. The summed E-state index contributed by atoms with van der Waals surface area (Å²) in [5, 5.41) is 8.22. The molecule has 0 saturated carbocycles. The third-order valence-electron chi connectivity index (χ3n) is 5.78. The summed E-state index contributed by atoms with van der Waals surface area (Å²) in [6.07, 6.45) is 1.55. The normalized spacial score (nSPS) is 22.4. The van der Waals surface area contributed by atoms with E-state index >= 15 is 0 Å².